The quantitative estimate of drug-likeness (QED) is 0.576. The summed E-state index contributed by atoms with van der Waals surface area (Å²) in [6, 6.07) is 0.653. The molecule has 0 aromatic rings. The lowest BCUT2D eigenvalue weighted by molar-refractivity contribution is 0.0134. The lowest BCUT2D eigenvalue weighted by atomic mass is 9.78. The van der Waals surface area contributed by atoms with Gasteiger partial charge in [-0.15, -0.1) is 6.58 Å². The second-order valence-electron chi connectivity index (χ2n) is 7.19. The van der Waals surface area contributed by atoms with E-state index in [9.17, 15) is 0 Å². The number of nitrogens with zero attached hydrogens (tertiary/aromatic N) is 1. The van der Waals surface area contributed by atoms with Gasteiger partial charge in [-0.3, -0.25) is 4.90 Å². The van der Waals surface area contributed by atoms with Gasteiger partial charge in [-0.05, 0) is 25.2 Å². The molecule has 3 heteroatoms. The molecule has 0 amide bonds. The van der Waals surface area contributed by atoms with Crippen LogP contribution in [0, 0.1) is 5.92 Å². The zero-order chi connectivity index (χ0) is 15.1. The van der Waals surface area contributed by atoms with Gasteiger partial charge in [0, 0.05) is 31.2 Å². The maximum absolute atomic E-state index is 5.75. The lowest BCUT2D eigenvalue weighted by Crippen LogP contribution is -2.66. The van der Waals surface area contributed by atoms with Crippen LogP contribution in [0.15, 0.2) is 12.7 Å². The standard InChI is InChI=1S/C18H34N2O/c1-4-5-12-21-13-11-20-15-18(9-7-6-8-10-18)19-14-17(20)16(2)3/h4,16-17,19H,1,5-15H2,2-3H3. The Labute approximate surface area is 131 Å². The first-order chi connectivity index (χ1) is 10.2. The molecule has 21 heavy (non-hydrogen) atoms. The van der Waals surface area contributed by atoms with Crippen LogP contribution >= 0.6 is 0 Å². The molecule has 1 aliphatic heterocycles. The summed E-state index contributed by atoms with van der Waals surface area (Å²) in [4.78, 5) is 2.69. The number of rotatable bonds is 7. The Balaban J connectivity index is 1.86. The maximum Gasteiger partial charge on any atom is 0.0593 e. The van der Waals surface area contributed by atoms with Crippen molar-refractivity contribution in [1.82, 2.24) is 10.2 Å². The highest BCUT2D eigenvalue weighted by Crippen LogP contribution is 2.32. The largest absolute Gasteiger partial charge is 0.380 e. The predicted molar refractivity (Wildman–Crippen MR) is 89.7 cm³/mol. The number of ether oxygens (including phenoxy) is 1. The molecule has 0 bridgehead atoms. The van der Waals surface area contributed by atoms with Crippen LogP contribution in [0.1, 0.15) is 52.4 Å². The maximum atomic E-state index is 5.75. The van der Waals surface area contributed by atoms with Crippen LogP contribution in [-0.4, -0.2) is 49.3 Å². The molecular weight excluding hydrogens is 260 g/mol. The Kier molecular flexibility index (Phi) is 6.72. The first kappa shape index (κ1) is 17.0. The second kappa shape index (κ2) is 8.30. The van der Waals surface area contributed by atoms with Crippen LogP contribution < -0.4 is 5.32 Å². The first-order valence-corrected chi connectivity index (χ1v) is 8.84. The van der Waals surface area contributed by atoms with E-state index in [2.05, 4.69) is 30.6 Å². The minimum atomic E-state index is 0.394. The number of piperazine rings is 1. The summed E-state index contributed by atoms with van der Waals surface area (Å²) in [7, 11) is 0. The monoisotopic (exact) mass is 294 g/mol. The van der Waals surface area contributed by atoms with E-state index < -0.39 is 0 Å². The normalized spacial score (nSPS) is 26.3. The van der Waals surface area contributed by atoms with Crippen molar-refractivity contribution in [3.63, 3.8) is 0 Å². The van der Waals surface area contributed by atoms with Gasteiger partial charge in [-0.1, -0.05) is 39.2 Å². The molecule has 2 fully saturated rings. The highest BCUT2D eigenvalue weighted by atomic mass is 16.5. The Morgan fingerprint density at radius 2 is 2.05 bits per heavy atom. The summed E-state index contributed by atoms with van der Waals surface area (Å²) in [6.45, 7) is 13.5. The number of hydrogen-bond acceptors (Lipinski definition) is 3. The van der Waals surface area contributed by atoms with Crippen molar-refractivity contribution in [2.75, 3.05) is 32.8 Å². The summed E-state index contributed by atoms with van der Waals surface area (Å²) in [6.07, 6.45) is 9.79. The molecule has 1 aliphatic carbocycles. The third-order valence-corrected chi connectivity index (χ3v) is 5.23. The number of hydrogen-bond donors (Lipinski definition) is 1. The SMILES string of the molecule is C=CCCOCCN1CC2(CCCCC2)NCC1C(C)C. The first-order valence-electron chi connectivity index (χ1n) is 8.84. The highest BCUT2D eigenvalue weighted by Gasteiger charge is 2.40. The van der Waals surface area contributed by atoms with Crippen molar-refractivity contribution in [3.8, 4) is 0 Å². The summed E-state index contributed by atoms with van der Waals surface area (Å²) in [5.41, 5.74) is 0.394. The molecule has 1 unspecified atom stereocenters. The fraction of sp³-hybridized carbons (Fsp3) is 0.889. The topological polar surface area (TPSA) is 24.5 Å². The van der Waals surface area contributed by atoms with Gasteiger partial charge < -0.3 is 10.1 Å². The molecule has 0 radical (unpaired) electrons. The average Bonchev–Trinajstić information content (AvgIpc) is 2.48. The minimum absolute atomic E-state index is 0.394. The van der Waals surface area contributed by atoms with Crippen molar-refractivity contribution in [3.05, 3.63) is 12.7 Å². The van der Waals surface area contributed by atoms with E-state index in [0.29, 0.717) is 17.5 Å². The van der Waals surface area contributed by atoms with Crippen molar-refractivity contribution >= 4 is 0 Å². The van der Waals surface area contributed by atoms with E-state index >= 15 is 0 Å². The van der Waals surface area contributed by atoms with Crippen molar-refractivity contribution in [2.24, 2.45) is 5.92 Å². The Morgan fingerprint density at radius 3 is 2.71 bits per heavy atom. The van der Waals surface area contributed by atoms with Crippen LogP contribution in [0.2, 0.25) is 0 Å². The van der Waals surface area contributed by atoms with Gasteiger partial charge in [0.15, 0.2) is 0 Å². The molecule has 2 rings (SSSR count). The Bertz CT molecular complexity index is 310. The van der Waals surface area contributed by atoms with Gasteiger partial charge in [-0.2, -0.15) is 0 Å². The van der Waals surface area contributed by atoms with Crippen LogP contribution in [0.5, 0.6) is 0 Å². The molecule has 1 heterocycles. The lowest BCUT2D eigenvalue weighted by Gasteiger charge is -2.51. The molecule has 0 aromatic heterocycles. The van der Waals surface area contributed by atoms with Crippen molar-refractivity contribution < 1.29 is 4.74 Å². The van der Waals surface area contributed by atoms with Crippen LogP contribution in [0.25, 0.3) is 0 Å². The smallest absolute Gasteiger partial charge is 0.0593 e. The van der Waals surface area contributed by atoms with Crippen LogP contribution in [-0.2, 0) is 4.74 Å². The van der Waals surface area contributed by atoms with Crippen molar-refractivity contribution in [1.29, 1.82) is 0 Å². The minimum Gasteiger partial charge on any atom is -0.380 e. The van der Waals surface area contributed by atoms with Gasteiger partial charge in [0.1, 0.15) is 0 Å². The van der Waals surface area contributed by atoms with Gasteiger partial charge in [0.05, 0.1) is 13.2 Å². The van der Waals surface area contributed by atoms with Crippen LogP contribution in [0.3, 0.4) is 0 Å². The predicted octanol–water partition coefficient (Wildman–Crippen LogP) is 3.21. The average molecular weight is 294 g/mol. The second-order valence-corrected chi connectivity index (χ2v) is 7.19. The molecule has 1 N–H and O–H groups in total. The Hall–Kier alpha value is -0.380. The molecule has 1 spiro atoms. The van der Waals surface area contributed by atoms with Gasteiger partial charge >= 0.3 is 0 Å². The molecule has 1 saturated carbocycles. The fourth-order valence-electron chi connectivity index (χ4n) is 3.93. The van der Waals surface area contributed by atoms with E-state index in [0.717, 1.165) is 32.7 Å². The van der Waals surface area contributed by atoms with Crippen LogP contribution in [0.4, 0.5) is 0 Å². The van der Waals surface area contributed by atoms with E-state index in [1.165, 1.54) is 38.6 Å². The zero-order valence-corrected chi connectivity index (χ0v) is 14.1. The zero-order valence-electron chi connectivity index (χ0n) is 14.1. The van der Waals surface area contributed by atoms with E-state index in [4.69, 9.17) is 4.74 Å². The summed E-state index contributed by atoms with van der Waals surface area (Å²) in [5, 5.41) is 3.91. The molecule has 1 saturated heterocycles. The van der Waals surface area contributed by atoms with Gasteiger partial charge in [0.25, 0.3) is 0 Å². The van der Waals surface area contributed by atoms with Gasteiger partial charge in [-0.25, -0.2) is 0 Å². The van der Waals surface area contributed by atoms with E-state index in [1.54, 1.807) is 0 Å². The highest BCUT2D eigenvalue weighted by molar-refractivity contribution is 5.00. The summed E-state index contributed by atoms with van der Waals surface area (Å²) >= 11 is 0. The molecule has 3 nitrogen and oxygen atoms in total. The molecule has 1 atom stereocenters. The van der Waals surface area contributed by atoms with Gasteiger partial charge in [0.2, 0.25) is 0 Å². The third-order valence-electron chi connectivity index (χ3n) is 5.23. The molecule has 0 aromatic carbocycles. The summed E-state index contributed by atoms with van der Waals surface area (Å²) < 4.78 is 5.75. The number of nitrogens with one attached hydrogen (secondary N) is 1. The summed E-state index contributed by atoms with van der Waals surface area (Å²) in [5.74, 6) is 0.701. The van der Waals surface area contributed by atoms with E-state index in [-0.39, 0.29) is 0 Å². The van der Waals surface area contributed by atoms with E-state index in [1.807, 2.05) is 6.08 Å². The molecule has 2 aliphatic rings. The fourth-order valence-corrected chi connectivity index (χ4v) is 3.93. The molecule has 122 valence electrons. The molecular formula is C18H34N2O. The Morgan fingerprint density at radius 1 is 1.29 bits per heavy atom. The third kappa shape index (κ3) is 4.80. The van der Waals surface area contributed by atoms with Crippen molar-refractivity contribution in [2.45, 2.75) is 64.0 Å².